The molecule has 1 fully saturated rings. The van der Waals surface area contributed by atoms with Gasteiger partial charge in [-0.1, -0.05) is 13.8 Å². The SMILES string of the molecule is CCN(CC)CCCCNC(=O)C1CC(O)CN1.Cl.Cl. The van der Waals surface area contributed by atoms with Crippen molar-refractivity contribution in [1.29, 1.82) is 0 Å². The van der Waals surface area contributed by atoms with Gasteiger partial charge in [0.1, 0.15) is 0 Å². The molecule has 0 aromatic rings. The molecule has 0 spiro atoms. The van der Waals surface area contributed by atoms with Gasteiger partial charge in [0.25, 0.3) is 0 Å². The molecular weight excluding hydrogens is 301 g/mol. The third-order valence-corrected chi connectivity index (χ3v) is 3.52. The number of carbonyl (C=O) groups is 1. The zero-order chi connectivity index (χ0) is 13.4. The lowest BCUT2D eigenvalue weighted by Gasteiger charge is -2.17. The fraction of sp³-hybridized carbons (Fsp3) is 0.923. The lowest BCUT2D eigenvalue weighted by Crippen LogP contribution is -2.40. The smallest absolute Gasteiger partial charge is 0.237 e. The predicted molar refractivity (Wildman–Crippen MR) is 86.9 cm³/mol. The standard InChI is InChI=1S/C13H27N3O2.2ClH/c1-3-16(4-2)8-6-5-7-14-13(18)12-9-11(17)10-15-12;;/h11-12,15,17H,3-10H2,1-2H3,(H,14,18);2*1H. The molecule has 1 rings (SSSR count). The van der Waals surface area contributed by atoms with Crippen molar-refractivity contribution in [1.82, 2.24) is 15.5 Å². The van der Waals surface area contributed by atoms with Crippen LogP contribution in [0.2, 0.25) is 0 Å². The second kappa shape index (κ2) is 12.7. The third kappa shape index (κ3) is 8.27. The average molecular weight is 330 g/mol. The minimum Gasteiger partial charge on any atom is -0.392 e. The van der Waals surface area contributed by atoms with Gasteiger partial charge in [0, 0.05) is 13.1 Å². The second-order valence-corrected chi connectivity index (χ2v) is 4.88. The molecule has 0 aromatic carbocycles. The first kappa shape index (κ1) is 22.2. The number of amides is 1. The van der Waals surface area contributed by atoms with Crippen molar-refractivity contribution in [3.05, 3.63) is 0 Å². The van der Waals surface area contributed by atoms with Gasteiger partial charge in [0.15, 0.2) is 0 Å². The molecule has 0 aliphatic carbocycles. The molecule has 7 heteroatoms. The van der Waals surface area contributed by atoms with Crippen LogP contribution in [-0.2, 0) is 4.79 Å². The molecule has 3 N–H and O–H groups in total. The molecule has 0 radical (unpaired) electrons. The summed E-state index contributed by atoms with van der Waals surface area (Å²) >= 11 is 0. The zero-order valence-corrected chi connectivity index (χ0v) is 14.1. The van der Waals surface area contributed by atoms with E-state index in [0.29, 0.717) is 13.0 Å². The van der Waals surface area contributed by atoms with E-state index in [1.54, 1.807) is 0 Å². The average Bonchev–Trinajstić information content (AvgIpc) is 2.80. The Morgan fingerprint density at radius 3 is 2.45 bits per heavy atom. The maximum Gasteiger partial charge on any atom is 0.237 e. The highest BCUT2D eigenvalue weighted by molar-refractivity contribution is 5.85. The largest absolute Gasteiger partial charge is 0.392 e. The van der Waals surface area contributed by atoms with E-state index in [4.69, 9.17) is 0 Å². The van der Waals surface area contributed by atoms with Crippen LogP contribution in [0.25, 0.3) is 0 Å². The first-order valence-electron chi connectivity index (χ1n) is 7.08. The summed E-state index contributed by atoms with van der Waals surface area (Å²) in [6, 6.07) is -0.206. The quantitative estimate of drug-likeness (QED) is 0.576. The van der Waals surface area contributed by atoms with E-state index < -0.39 is 0 Å². The number of hydrogen-bond donors (Lipinski definition) is 3. The number of aliphatic hydroxyl groups is 1. The van der Waals surface area contributed by atoms with Crippen molar-refractivity contribution < 1.29 is 9.90 Å². The van der Waals surface area contributed by atoms with Crippen LogP contribution in [-0.4, -0.2) is 60.8 Å². The molecule has 1 aliphatic rings. The molecule has 2 unspecified atom stereocenters. The summed E-state index contributed by atoms with van der Waals surface area (Å²) in [5.74, 6) is 0.0226. The molecule has 0 saturated carbocycles. The maximum absolute atomic E-state index is 11.7. The first-order valence-corrected chi connectivity index (χ1v) is 7.08. The van der Waals surface area contributed by atoms with Crippen molar-refractivity contribution in [2.75, 3.05) is 32.7 Å². The van der Waals surface area contributed by atoms with Crippen molar-refractivity contribution in [3.8, 4) is 0 Å². The van der Waals surface area contributed by atoms with Gasteiger partial charge in [0.05, 0.1) is 12.1 Å². The van der Waals surface area contributed by atoms with E-state index in [-0.39, 0.29) is 42.9 Å². The Bertz CT molecular complexity index is 254. The lowest BCUT2D eigenvalue weighted by molar-refractivity contribution is -0.122. The van der Waals surface area contributed by atoms with Crippen LogP contribution in [0.5, 0.6) is 0 Å². The number of rotatable bonds is 8. The van der Waals surface area contributed by atoms with Gasteiger partial charge in [-0.15, -0.1) is 24.8 Å². The minimum absolute atomic E-state index is 0. The molecule has 2 atom stereocenters. The Hall–Kier alpha value is -0.0700. The summed E-state index contributed by atoms with van der Waals surface area (Å²) in [6.07, 6.45) is 2.29. The van der Waals surface area contributed by atoms with E-state index in [9.17, 15) is 9.90 Å². The minimum atomic E-state index is -0.372. The van der Waals surface area contributed by atoms with Gasteiger partial charge in [-0.25, -0.2) is 0 Å². The number of halogens is 2. The maximum atomic E-state index is 11.7. The number of unbranched alkanes of at least 4 members (excludes halogenated alkanes) is 1. The Morgan fingerprint density at radius 1 is 1.30 bits per heavy atom. The highest BCUT2D eigenvalue weighted by atomic mass is 35.5. The van der Waals surface area contributed by atoms with Gasteiger partial charge < -0.3 is 20.6 Å². The molecule has 1 amide bonds. The Balaban J connectivity index is 0. The van der Waals surface area contributed by atoms with Crippen LogP contribution in [0.4, 0.5) is 0 Å². The van der Waals surface area contributed by atoms with Crippen molar-refractivity contribution in [3.63, 3.8) is 0 Å². The van der Waals surface area contributed by atoms with Crippen LogP contribution < -0.4 is 10.6 Å². The third-order valence-electron chi connectivity index (χ3n) is 3.52. The van der Waals surface area contributed by atoms with Crippen molar-refractivity contribution in [2.45, 2.75) is 45.3 Å². The van der Waals surface area contributed by atoms with Crippen LogP contribution >= 0.6 is 24.8 Å². The number of β-amino-alcohol motifs (C(OH)–C–C–N with tert-alkyl or cyclic N) is 1. The van der Waals surface area contributed by atoms with Crippen LogP contribution in [0.1, 0.15) is 33.1 Å². The van der Waals surface area contributed by atoms with E-state index in [1.165, 1.54) is 0 Å². The van der Waals surface area contributed by atoms with Crippen molar-refractivity contribution >= 4 is 30.7 Å². The number of hydrogen-bond acceptors (Lipinski definition) is 4. The first-order chi connectivity index (χ1) is 8.67. The molecule has 0 aromatic heterocycles. The summed E-state index contributed by atoms with van der Waals surface area (Å²) in [4.78, 5) is 14.1. The van der Waals surface area contributed by atoms with Gasteiger partial charge in [-0.3, -0.25) is 4.79 Å². The monoisotopic (exact) mass is 329 g/mol. The van der Waals surface area contributed by atoms with Crippen LogP contribution in [0, 0.1) is 0 Å². The summed E-state index contributed by atoms with van der Waals surface area (Å²) < 4.78 is 0. The van der Waals surface area contributed by atoms with Gasteiger partial charge in [-0.2, -0.15) is 0 Å². The summed E-state index contributed by atoms with van der Waals surface area (Å²) in [7, 11) is 0. The molecule has 1 heterocycles. The molecule has 1 saturated heterocycles. The molecular formula is C13H29Cl2N3O2. The van der Waals surface area contributed by atoms with Gasteiger partial charge in [-0.05, 0) is 38.9 Å². The Morgan fingerprint density at radius 2 is 1.95 bits per heavy atom. The van der Waals surface area contributed by atoms with Crippen LogP contribution in [0.15, 0.2) is 0 Å². The van der Waals surface area contributed by atoms with Crippen LogP contribution in [0.3, 0.4) is 0 Å². The summed E-state index contributed by atoms with van der Waals surface area (Å²) in [6.45, 7) is 8.88. The Labute approximate surface area is 134 Å². The molecule has 20 heavy (non-hydrogen) atoms. The van der Waals surface area contributed by atoms with E-state index in [2.05, 4.69) is 29.4 Å². The van der Waals surface area contributed by atoms with E-state index >= 15 is 0 Å². The normalized spacial score (nSPS) is 21.2. The van der Waals surface area contributed by atoms with E-state index in [1.807, 2.05) is 0 Å². The fourth-order valence-corrected chi connectivity index (χ4v) is 2.25. The topological polar surface area (TPSA) is 64.6 Å². The fourth-order valence-electron chi connectivity index (χ4n) is 2.25. The summed E-state index contributed by atoms with van der Waals surface area (Å²) in [5.41, 5.74) is 0. The predicted octanol–water partition coefficient (Wildman–Crippen LogP) is 0.791. The number of aliphatic hydroxyl groups excluding tert-OH is 1. The van der Waals surface area contributed by atoms with Gasteiger partial charge >= 0.3 is 0 Å². The molecule has 1 aliphatic heterocycles. The Kier molecular flexibility index (Phi) is 14.1. The molecule has 122 valence electrons. The van der Waals surface area contributed by atoms with E-state index in [0.717, 1.165) is 39.0 Å². The zero-order valence-electron chi connectivity index (χ0n) is 12.4. The number of nitrogens with one attached hydrogen (secondary N) is 2. The van der Waals surface area contributed by atoms with Gasteiger partial charge in [0.2, 0.25) is 5.91 Å². The second-order valence-electron chi connectivity index (χ2n) is 4.88. The highest BCUT2D eigenvalue weighted by Gasteiger charge is 2.27. The number of carbonyl (C=O) groups excluding carboxylic acids is 1. The highest BCUT2D eigenvalue weighted by Crippen LogP contribution is 2.05. The lowest BCUT2D eigenvalue weighted by atomic mass is 10.2. The summed E-state index contributed by atoms with van der Waals surface area (Å²) in [5, 5.41) is 15.3. The molecule has 5 nitrogen and oxygen atoms in total. The molecule has 0 bridgehead atoms. The number of nitrogens with zero attached hydrogens (tertiary/aromatic N) is 1. The van der Waals surface area contributed by atoms with Crippen molar-refractivity contribution in [2.24, 2.45) is 0 Å².